The first-order valence-corrected chi connectivity index (χ1v) is 10.7. The van der Waals surface area contributed by atoms with Crippen LogP contribution in [-0.2, 0) is 19.6 Å². The lowest BCUT2D eigenvalue weighted by Crippen LogP contribution is -2.30. The fourth-order valence-electron chi connectivity index (χ4n) is 2.39. The van der Waals surface area contributed by atoms with Crippen molar-refractivity contribution in [3.05, 3.63) is 53.0 Å². The molecule has 11 heteroatoms. The highest BCUT2D eigenvalue weighted by atomic mass is 79.9. The molecule has 0 fully saturated rings. The molecule has 0 aliphatic rings. The van der Waals surface area contributed by atoms with Crippen molar-refractivity contribution in [3.8, 4) is 5.75 Å². The van der Waals surface area contributed by atoms with E-state index in [0.717, 1.165) is 16.4 Å². The van der Waals surface area contributed by atoms with Crippen LogP contribution in [0.25, 0.3) is 0 Å². The molecule has 0 amide bonds. The second-order valence-corrected chi connectivity index (χ2v) is 8.51. The third-order valence-electron chi connectivity index (χ3n) is 3.50. The molecule has 0 N–H and O–H groups in total. The average molecular weight is 496 g/mol. The Kier molecular flexibility index (Phi) is 7.53. The first kappa shape index (κ1) is 23.0. The average Bonchev–Trinajstić information content (AvgIpc) is 2.61. The zero-order valence-corrected chi connectivity index (χ0v) is 17.6. The molecule has 0 atom stereocenters. The molecule has 0 unspecified atom stereocenters. The van der Waals surface area contributed by atoms with E-state index >= 15 is 0 Å². The van der Waals surface area contributed by atoms with E-state index < -0.39 is 33.9 Å². The van der Waals surface area contributed by atoms with Gasteiger partial charge in [-0.2, -0.15) is 0 Å². The van der Waals surface area contributed by atoms with Gasteiger partial charge < -0.3 is 9.47 Å². The number of ether oxygens (including phenoxy) is 2. The molecule has 158 valence electrons. The van der Waals surface area contributed by atoms with Crippen molar-refractivity contribution in [2.75, 3.05) is 16.7 Å². The van der Waals surface area contributed by atoms with Gasteiger partial charge in [0.15, 0.2) is 0 Å². The number of anilines is 2. The molecule has 0 aliphatic heterocycles. The lowest BCUT2D eigenvalue weighted by molar-refractivity contribution is -0.274. The van der Waals surface area contributed by atoms with E-state index in [0.29, 0.717) is 4.47 Å². The molecule has 2 rings (SSSR count). The molecule has 0 aromatic heterocycles. The van der Waals surface area contributed by atoms with Crippen LogP contribution in [0.5, 0.6) is 5.75 Å². The van der Waals surface area contributed by atoms with E-state index in [1.807, 2.05) is 0 Å². The van der Waals surface area contributed by atoms with Gasteiger partial charge in [0.25, 0.3) is 0 Å². The van der Waals surface area contributed by atoms with Crippen LogP contribution in [0.3, 0.4) is 0 Å². The number of sulfonamides is 1. The normalized spacial score (nSPS) is 11.8. The number of rotatable bonds is 8. The van der Waals surface area contributed by atoms with Crippen LogP contribution < -0.4 is 9.04 Å². The second kappa shape index (κ2) is 9.49. The van der Waals surface area contributed by atoms with Gasteiger partial charge in [0, 0.05) is 4.47 Å². The van der Waals surface area contributed by atoms with E-state index in [1.54, 1.807) is 19.1 Å². The zero-order chi connectivity index (χ0) is 21.7. The standard InChI is InChI=1S/C18H17BrF3NO5S/c1-2-27-17(24)10-11-29(25,26)23(15-5-3-4-13(19)12-15)14-6-8-16(9-7-14)28-18(20,21)22/h3-9,12H,2,10-11H2,1H3. The summed E-state index contributed by atoms with van der Waals surface area (Å²) in [6.45, 7) is 1.72. The Morgan fingerprint density at radius 1 is 1.10 bits per heavy atom. The van der Waals surface area contributed by atoms with Crippen LogP contribution in [-0.4, -0.2) is 33.1 Å². The van der Waals surface area contributed by atoms with Gasteiger partial charge in [-0.3, -0.25) is 4.79 Å². The van der Waals surface area contributed by atoms with Gasteiger partial charge in [0.1, 0.15) is 5.75 Å². The van der Waals surface area contributed by atoms with Gasteiger partial charge in [-0.1, -0.05) is 22.0 Å². The molecule has 29 heavy (non-hydrogen) atoms. The van der Waals surface area contributed by atoms with Crippen LogP contribution in [0.4, 0.5) is 24.5 Å². The molecule has 6 nitrogen and oxygen atoms in total. The van der Waals surface area contributed by atoms with Crippen molar-refractivity contribution in [3.63, 3.8) is 0 Å². The lowest BCUT2D eigenvalue weighted by atomic mass is 10.2. The van der Waals surface area contributed by atoms with Crippen molar-refractivity contribution in [1.29, 1.82) is 0 Å². The van der Waals surface area contributed by atoms with Crippen molar-refractivity contribution >= 4 is 43.3 Å². The van der Waals surface area contributed by atoms with E-state index in [-0.39, 0.29) is 24.4 Å². The number of carbonyl (C=O) groups is 1. The third kappa shape index (κ3) is 6.93. The summed E-state index contributed by atoms with van der Waals surface area (Å²) in [6.07, 6.45) is -5.23. The maximum absolute atomic E-state index is 13.0. The number of hydrogen-bond acceptors (Lipinski definition) is 5. The van der Waals surface area contributed by atoms with Gasteiger partial charge in [0.05, 0.1) is 30.2 Å². The number of esters is 1. The third-order valence-corrected chi connectivity index (χ3v) is 5.69. The minimum atomic E-state index is -4.86. The molecule has 2 aromatic carbocycles. The largest absolute Gasteiger partial charge is 0.573 e. The fraction of sp³-hybridized carbons (Fsp3) is 0.278. The van der Waals surface area contributed by atoms with E-state index in [1.165, 1.54) is 24.3 Å². The summed E-state index contributed by atoms with van der Waals surface area (Å²) >= 11 is 3.26. The van der Waals surface area contributed by atoms with Crippen molar-refractivity contribution in [2.45, 2.75) is 19.7 Å². The quantitative estimate of drug-likeness (QED) is 0.493. The summed E-state index contributed by atoms with van der Waals surface area (Å²) in [6, 6.07) is 10.7. The van der Waals surface area contributed by atoms with Crippen molar-refractivity contribution < 1.29 is 35.9 Å². The fourth-order valence-corrected chi connectivity index (χ4v) is 4.26. The zero-order valence-electron chi connectivity index (χ0n) is 15.1. The highest BCUT2D eigenvalue weighted by Gasteiger charge is 2.31. The Balaban J connectivity index is 2.39. The number of nitrogens with zero attached hydrogens (tertiary/aromatic N) is 1. The van der Waals surface area contributed by atoms with E-state index in [4.69, 9.17) is 4.74 Å². The molecular formula is C18H17BrF3NO5S. The Morgan fingerprint density at radius 2 is 1.76 bits per heavy atom. The summed E-state index contributed by atoms with van der Waals surface area (Å²) < 4.78 is 73.1. The minimum absolute atomic E-state index is 0.0847. The molecule has 0 bridgehead atoms. The Bertz CT molecular complexity index is 949. The Labute approximate surface area is 174 Å². The molecule has 0 saturated heterocycles. The number of halogens is 4. The first-order chi connectivity index (χ1) is 13.5. The first-order valence-electron chi connectivity index (χ1n) is 8.32. The monoisotopic (exact) mass is 495 g/mol. The predicted molar refractivity (Wildman–Crippen MR) is 104 cm³/mol. The van der Waals surface area contributed by atoms with Crippen LogP contribution in [0, 0.1) is 0 Å². The smallest absolute Gasteiger partial charge is 0.466 e. The Hall–Kier alpha value is -2.27. The number of alkyl halides is 3. The predicted octanol–water partition coefficient (Wildman–Crippen LogP) is 4.77. The van der Waals surface area contributed by atoms with Gasteiger partial charge in [-0.05, 0) is 49.4 Å². The van der Waals surface area contributed by atoms with Crippen LogP contribution in [0.2, 0.25) is 0 Å². The lowest BCUT2D eigenvalue weighted by Gasteiger charge is -2.25. The number of carbonyl (C=O) groups excluding carboxylic acids is 1. The number of hydrogen-bond donors (Lipinski definition) is 0. The maximum atomic E-state index is 13.0. The molecule has 0 saturated carbocycles. The molecular weight excluding hydrogens is 479 g/mol. The van der Waals surface area contributed by atoms with Crippen molar-refractivity contribution in [1.82, 2.24) is 0 Å². The highest BCUT2D eigenvalue weighted by Crippen LogP contribution is 2.33. The molecule has 0 spiro atoms. The summed E-state index contributed by atoms with van der Waals surface area (Å²) in [5.74, 6) is -1.70. The summed E-state index contributed by atoms with van der Waals surface area (Å²) in [5, 5.41) is 0. The summed E-state index contributed by atoms with van der Waals surface area (Å²) in [7, 11) is -4.06. The topological polar surface area (TPSA) is 72.9 Å². The van der Waals surface area contributed by atoms with E-state index in [9.17, 15) is 26.4 Å². The molecule has 2 aromatic rings. The highest BCUT2D eigenvalue weighted by molar-refractivity contribution is 9.10. The van der Waals surface area contributed by atoms with Gasteiger partial charge in [-0.25, -0.2) is 12.7 Å². The van der Waals surface area contributed by atoms with Crippen LogP contribution in [0.1, 0.15) is 13.3 Å². The SMILES string of the molecule is CCOC(=O)CCS(=O)(=O)N(c1ccc(OC(F)(F)F)cc1)c1cccc(Br)c1. The van der Waals surface area contributed by atoms with Crippen LogP contribution >= 0.6 is 15.9 Å². The number of benzene rings is 2. The minimum Gasteiger partial charge on any atom is -0.466 e. The van der Waals surface area contributed by atoms with Crippen LogP contribution in [0.15, 0.2) is 53.0 Å². The second-order valence-electron chi connectivity index (χ2n) is 5.66. The van der Waals surface area contributed by atoms with Gasteiger partial charge >= 0.3 is 12.3 Å². The molecule has 0 aliphatic carbocycles. The summed E-state index contributed by atoms with van der Waals surface area (Å²) in [5.41, 5.74) is 0.328. The van der Waals surface area contributed by atoms with Gasteiger partial charge in [-0.15, -0.1) is 13.2 Å². The van der Waals surface area contributed by atoms with Gasteiger partial charge in [0.2, 0.25) is 10.0 Å². The summed E-state index contributed by atoms with van der Waals surface area (Å²) in [4.78, 5) is 11.6. The Morgan fingerprint density at radius 3 is 2.31 bits per heavy atom. The maximum Gasteiger partial charge on any atom is 0.573 e. The van der Waals surface area contributed by atoms with E-state index in [2.05, 4.69) is 20.7 Å². The van der Waals surface area contributed by atoms with Crippen molar-refractivity contribution in [2.24, 2.45) is 0 Å². The molecule has 0 radical (unpaired) electrons. The molecule has 0 heterocycles.